The number of hydrogen-bond donors (Lipinski definition) is 2. The second-order valence-corrected chi connectivity index (χ2v) is 20.8. The molecule has 1 aliphatic rings. The fourth-order valence-electron chi connectivity index (χ4n) is 2.65. The summed E-state index contributed by atoms with van der Waals surface area (Å²) in [6.45, 7) is 1.71. The van der Waals surface area contributed by atoms with Gasteiger partial charge in [0.05, 0.1) is 19.8 Å². The first kappa shape index (κ1) is 23.5. The fraction of sp³-hybridized carbons (Fsp3) is 0.333. The summed E-state index contributed by atoms with van der Waals surface area (Å²) in [5, 5.41) is 11.9. The zero-order chi connectivity index (χ0) is 20.6. The number of azo groups is 1. The van der Waals surface area contributed by atoms with Crippen molar-refractivity contribution < 1.29 is 17.6 Å². The molecule has 1 fully saturated rings. The van der Waals surface area contributed by atoms with Gasteiger partial charge in [-0.15, -0.1) is 10.5 Å². The molecule has 0 bridgehead atoms. The molecule has 150 valence electrons. The quantitative estimate of drug-likeness (QED) is 0.351. The normalized spacial score (nSPS) is 17.9. The van der Waals surface area contributed by atoms with E-state index in [1.54, 1.807) is 0 Å². The third-order valence-electron chi connectivity index (χ3n) is 3.99. The summed E-state index contributed by atoms with van der Waals surface area (Å²) < 4.78 is 0.687. The van der Waals surface area contributed by atoms with Crippen molar-refractivity contribution in [1.29, 1.82) is 0 Å². The van der Waals surface area contributed by atoms with Gasteiger partial charge in [-0.05, 0) is 29.8 Å². The molecule has 0 aliphatic carbocycles. The average molecular weight is 497 g/mol. The number of rotatable bonds is 5. The van der Waals surface area contributed by atoms with Crippen LogP contribution in [-0.2, 0) is 19.5 Å². The van der Waals surface area contributed by atoms with Crippen LogP contribution in [0.25, 0.3) is 0 Å². The van der Waals surface area contributed by atoms with Crippen LogP contribution in [0.3, 0.4) is 0 Å². The van der Waals surface area contributed by atoms with Crippen molar-refractivity contribution in [2.24, 2.45) is 10.2 Å². The third-order valence-corrected chi connectivity index (χ3v) is 3.99. The number of anilines is 1. The summed E-state index contributed by atoms with van der Waals surface area (Å²) in [5.41, 5.74) is 6.62. The summed E-state index contributed by atoms with van der Waals surface area (Å²) in [7, 11) is 21.3. The van der Waals surface area contributed by atoms with Gasteiger partial charge in [-0.2, -0.15) is 5.11 Å². The zero-order valence-electron chi connectivity index (χ0n) is 16.3. The van der Waals surface area contributed by atoms with E-state index in [2.05, 4.69) is 83.4 Å². The van der Waals surface area contributed by atoms with Crippen LogP contribution in [0.15, 0.2) is 64.8 Å². The van der Waals surface area contributed by atoms with E-state index in [-0.39, 0.29) is 6.29 Å². The average Bonchev–Trinajstić information content (AvgIpc) is 3.00. The molecule has 0 amide bonds. The van der Waals surface area contributed by atoms with Gasteiger partial charge < -0.3 is 4.90 Å². The Morgan fingerprint density at radius 2 is 1.68 bits per heavy atom. The summed E-state index contributed by atoms with van der Waals surface area (Å²) in [5.74, 6) is 0. The molecule has 1 heterocycles. The first-order valence-corrected chi connectivity index (χ1v) is 20.6. The molecular formula is C18H25Cl3N6Zn. The molecule has 1 saturated heterocycles. The van der Waals surface area contributed by atoms with E-state index in [4.69, 9.17) is 29.1 Å². The van der Waals surface area contributed by atoms with Gasteiger partial charge in [0.25, 0.3) is 0 Å². The standard InChI is InChI=1S/C18H25N6.3ClH.Zn/c1-23(13-15-7-5-4-6-8-15)17-11-9-16(10-12-17)20-21-18-19-14-24(2,3)22-18;;;;/h4-12,18-19,22H,13-14H2,1-3H3;3*1H;/q+1;;;;+2/p-3. The minimum absolute atomic E-state index is 0.138. The number of nitrogens with one attached hydrogen (secondary N) is 2. The van der Waals surface area contributed by atoms with E-state index < -0.39 is 13.0 Å². The molecule has 2 aromatic carbocycles. The maximum absolute atomic E-state index is 5.01. The van der Waals surface area contributed by atoms with E-state index in [0.29, 0.717) is 4.59 Å². The second-order valence-electron chi connectivity index (χ2n) is 6.96. The predicted molar refractivity (Wildman–Crippen MR) is 114 cm³/mol. The SMILES string of the molecule is CN(Cc1ccccc1)c1ccc(N=NC2NC[N+](C)(C)N2)cc1.[Cl][Zn-]([Cl])[Cl]. The molecule has 28 heavy (non-hydrogen) atoms. The Morgan fingerprint density at radius 3 is 2.21 bits per heavy atom. The number of hydrogen-bond acceptors (Lipinski definition) is 5. The summed E-state index contributed by atoms with van der Waals surface area (Å²) in [4.78, 5) is 2.22. The van der Waals surface area contributed by atoms with Crippen LogP contribution < -0.4 is 15.6 Å². The van der Waals surface area contributed by atoms with Crippen molar-refractivity contribution >= 4 is 40.4 Å². The Kier molecular flexibility index (Phi) is 9.57. The number of nitrogens with zero attached hydrogens (tertiary/aromatic N) is 4. The Labute approximate surface area is 184 Å². The summed E-state index contributed by atoms with van der Waals surface area (Å²) >= 11 is -2.21. The van der Waals surface area contributed by atoms with Crippen molar-refractivity contribution in [3.05, 3.63) is 60.2 Å². The van der Waals surface area contributed by atoms with Gasteiger partial charge in [-0.1, -0.05) is 30.3 Å². The zero-order valence-corrected chi connectivity index (χ0v) is 21.6. The van der Waals surface area contributed by atoms with Crippen LogP contribution in [0.4, 0.5) is 11.4 Å². The van der Waals surface area contributed by atoms with Crippen molar-refractivity contribution in [1.82, 2.24) is 10.7 Å². The maximum atomic E-state index is 5.01. The van der Waals surface area contributed by atoms with Crippen LogP contribution in [-0.4, -0.2) is 38.7 Å². The van der Waals surface area contributed by atoms with E-state index in [1.807, 2.05) is 18.2 Å². The Balaban J connectivity index is 0.000000640. The molecule has 0 saturated carbocycles. The van der Waals surface area contributed by atoms with E-state index in [1.165, 1.54) is 5.56 Å². The van der Waals surface area contributed by atoms with Crippen LogP contribution >= 0.6 is 29.1 Å². The van der Waals surface area contributed by atoms with Crippen molar-refractivity contribution in [2.75, 3.05) is 32.7 Å². The van der Waals surface area contributed by atoms with Gasteiger partial charge in [0.15, 0.2) is 6.67 Å². The Bertz CT molecular complexity index is 740. The number of quaternary nitrogens is 1. The molecule has 1 aliphatic heterocycles. The third kappa shape index (κ3) is 8.70. The van der Waals surface area contributed by atoms with E-state index in [9.17, 15) is 0 Å². The number of halogens is 3. The Hall–Kier alpha value is -0.787. The van der Waals surface area contributed by atoms with Gasteiger partial charge in [0.1, 0.15) is 0 Å². The molecular weight excluding hydrogens is 472 g/mol. The van der Waals surface area contributed by atoms with Crippen LogP contribution in [0.5, 0.6) is 0 Å². The van der Waals surface area contributed by atoms with Crippen molar-refractivity contribution in [2.45, 2.75) is 12.8 Å². The molecule has 10 heteroatoms. The van der Waals surface area contributed by atoms with Gasteiger partial charge in [0.2, 0.25) is 6.29 Å². The Morgan fingerprint density at radius 1 is 1.07 bits per heavy atom. The van der Waals surface area contributed by atoms with Crippen LogP contribution in [0.2, 0.25) is 0 Å². The molecule has 1 atom stereocenters. The van der Waals surface area contributed by atoms with Gasteiger partial charge in [0, 0.05) is 19.3 Å². The first-order chi connectivity index (χ1) is 13.2. The van der Waals surface area contributed by atoms with Gasteiger partial charge >= 0.3 is 42.1 Å². The van der Waals surface area contributed by atoms with Gasteiger partial charge in [-0.25, -0.2) is 9.91 Å². The molecule has 1 unspecified atom stereocenters. The second kappa shape index (κ2) is 11.4. The van der Waals surface area contributed by atoms with Gasteiger partial charge in [-0.3, -0.25) is 0 Å². The van der Waals surface area contributed by atoms with E-state index in [0.717, 1.165) is 24.6 Å². The molecule has 3 rings (SSSR count). The molecule has 2 aromatic rings. The monoisotopic (exact) mass is 494 g/mol. The topological polar surface area (TPSA) is 52.0 Å². The molecule has 2 N–H and O–H groups in total. The minimum atomic E-state index is -2.21. The van der Waals surface area contributed by atoms with E-state index >= 15 is 0 Å². The fourth-order valence-corrected chi connectivity index (χ4v) is 2.65. The predicted octanol–water partition coefficient (Wildman–Crippen LogP) is 4.90. The molecule has 0 radical (unpaired) electrons. The molecule has 0 spiro atoms. The van der Waals surface area contributed by atoms with Crippen LogP contribution in [0, 0.1) is 0 Å². The van der Waals surface area contributed by atoms with Crippen molar-refractivity contribution in [3.8, 4) is 0 Å². The number of benzene rings is 2. The molecule has 0 aromatic heterocycles. The van der Waals surface area contributed by atoms with Crippen LogP contribution in [0.1, 0.15) is 5.56 Å². The summed E-state index contributed by atoms with van der Waals surface area (Å²) in [6, 6.07) is 18.6. The molecule has 6 nitrogen and oxygen atoms in total. The van der Waals surface area contributed by atoms with Crippen molar-refractivity contribution in [3.63, 3.8) is 0 Å². The summed E-state index contributed by atoms with van der Waals surface area (Å²) in [6.07, 6.45) is -0.138. The first-order valence-electron chi connectivity index (χ1n) is 8.92.